The standard InChI is InChI=1S/C22H24F2N2O2/c1-26-20(27)12-11-18(21(26)16-7-4-9-17(23)14-16)22(28)25-13-5-8-15-6-2-3-10-19(15)24/h2-4,6-7,9-10,14,18,21H,5,8,11-13H2,1H3,(H,25,28). The third kappa shape index (κ3) is 4.55. The van der Waals surface area contributed by atoms with Crippen molar-refractivity contribution in [1.82, 2.24) is 10.2 Å². The molecule has 2 unspecified atom stereocenters. The van der Waals surface area contributed by atoms with Gasteiger partial charge in [-0.25, -0.2) is 8.78 Å². The smallest absolute Gasteiger partial charge is 0.225 e. The van der Waals surface area contributed by atoms with E-state index >= 15 is 0 Å². The number of halogens is 2. The van der Waals surface area contributed by atoms with Gasteiger partial charge in [-0.05, 0) is 48.6 Å². The molecule has 1 aliphatic heterocycles. The van der Waals surface area contributed by atoms with Gasteiger partial charge in [0.2, 0.25) is 11.8 Å². The second kappa shape index (κ2) is 8.95. The lowest BCUT2D eigenvalue weighted by molar-refractivity contribution is -0.141. The molecule has 6 heteroatoms. The summed E-state index contributed by atoms with van der Waals surface area (Å²) in [5.41, 5.74) is 1.24. The highest BCUT2D eigenvalue weighted by atomic mass is 19.1. The van der Waals surface area contributed by atoms with Crippen LogP contribution < -0.4 is 5.32 Å². The predicted octanol–water partition coefficient (Wildman–Crippen LogP) is 3.62. The Morgan fingerprint density at radius 1 is 1.18 bits per heavy atom. The van der Waals surface area contributed by atoms with E-state index in [0.29, 0.717) is 36.9 Å². The maximum Gasteiger partial charge on any atom is 0.225 e. The lowest BCUT2D eigenvalue weighted by Crippen LogP contribution is -2.46. The van der Waals surface area contributed by atoms with Gasteiger partial charge < -0.3 is 10.2 Å². The van der Waals surface area contributed by atoms with Crippen molar-refractivity contribution >= 4 is 11.8 Å². The van der Waals surface area contributed by atoms with Crippen LogP contribution in [0.3, 0.4) is 0 Å². The molecule has 0 aromatic heterocycles. The molecule has 3 rings (SSSR count). The van der Waals surface area contributed by atoms with E-state index in [9.17, 15) is 18.4 Å². The van der Waals surface area contributed by atoms with E-state index in [-0.39, 0.29) is 24.1 Å². The number of likely N-dealkylation sites (tertiary alicyclic amines) is 1. The molecular formula is C22H24F2N2O2. The predicted molar refractivity (Wildman–Crippen MR) is 102 cm³/mol. The maximum absolute atomic E-state index is 13.7. The molecule has 0 aliphatic carbocycles. The summed E-state index contributed by atoms with van der Waals surface area (Å²) in [6.45, 7) is 0.414. The van der Waals surface area contributed by atoms with Crippen molar-refractivity contribution in [3.8, 4) is 0 Å². The van der Waals surface area contributed by atoms with E-state index in [2.05, 4.69) is 5.32 Å². The molecule has 1 fully saturated rings. The van der Waals surface area contributed by atoms with Crippen LogP contribution in [0.4, 0.5) is 8.78 Å². The molecule has 2 aromatic rings. The Morgan fingerprint density at radius 2 is 1.96 bits per heavy atom. The molecule has 28 heavy (non-hydrogen) atoms. The fourth-order valence-corrected chi connectivity index (χ4v) is 3.78. The first kappa shape index (κ1) is 20.0. The van der Waals surface area contributed by atoms with Crippen LogP contribution in [0.1, 0.15) is 36.4 Å². The normalized spacial score (nSPS) is 19.5. The van der Waals surface area contributed by atoms with E-state index in [0.717, 1.165) is 0 Å². The molecule has 1 saturated heterocycles. The minimum absolute atomic E-state index is 0.0575. The number of carbonyl (C=O) groups excluding carboxylic acids is 2. The summed E-state index contributed by atoms with van der Waals surface area (Å²) in [4.78, 5) is 26.5. The second-order valence-electron chi connectivity index (χ2n) is 7.14. The van der Waals surface area contributed by atoms with Crippen LogP contribution >= 0.6 is 0 Å². The van der Waals surface area contributed by atoms with E-state index in [4.69, 9.17) is 0 Å². The largest absolute Gasteiger partial charge is 0.356 e. The van der Waals surface area contributed by atoms with Crippen molar-refractivity contribution in [2.24, 2.45) is 5.92 Å². The van der Waals surface area contributed by atoms with Crippen molar-refractivity contribution in [3.05, 3.63) is 71.3 Å². The first-order valence-corrected chi connectivity index (χ1v) is 9.49. The number of hydrogen-bond donors (Lipinski definition) is 1. The van der Waals surface area contributed by atoms with Gasteiger partial charge in [0.25, 0.3) is 0 Å². The minimum Gasteiger partial charge on any atom is -0.356 e. The van der Waals surface area contributed by atoms with Crippen LogP contribution in [-0.4, -0.2) is 30.3 Å². The maximum atomic E-state index is 13.7. The molecule has 1 aliphatic rings. The quantitative estimate of drug-likeness (QED) is 0.771. The monoisotopic (exact) mass is 386 g/mol. The highest BCUT2D eigenvalue weighted by Crippen LogP contribution is 2.36. The van der Waals surface area contributed by atoms with Gasteiger partial charge in [-0.2, -0.15) is 0 Å². The summed E-state index contributed by atoms with van der Waals surface area (Å²) in [5.74, 6) is -1.31. The number of carbonyl (C=O) groups is 2. The highest BCUT2D eigenvalue weighted by molar-refractivity contribution is 5.84. The van der Waals surface area contributed by atoms with Crippen molar-refractivity contribution < 1.29 is 18.4 Å². The number of nitrogens with one attached hydrogen (secondary N) is 1. The zero-order chi connectivity index (χ0) is 20.1. The van der Waals surface area contributed by atoms with Gasteiger partial charge in [0.05, 0.1) is 12.0 Å². The molecule has 2 amide bonds. The van der Waals surface area contributed by atoms with Gasteiger partial charge in [0.15, 0.2) is 0 Å². The fourth-order valence-electron chi connectivity index (χ4n) is 3.78. The van der Waals surface area contributed by atoms with Crippen LogP contribution in [-0.2, 0) is 16.0 Å². The number of piperidine rings is 1. The van der Waals surface area contributed by atoms with E-state index in [1.807, 2.05) is 0 Å². The number of amides is 2. The van der Waals surface area contributed by atoms with Gasteiger partial charge in [0.1, 0.15) is 11.6 Å². The van der Waals surface area contributed by atoms with Gasteiger partial charge in [-0.3, -0.25) is 9.59 Å². The second-order valence-corrected chi connectivity index (χ2v) is 7.14. The molecule has 0 bridgehead atoms. The van der Waals surface area contributed by atoms with E-state index in [1.54, 1.807) is 37.4 Å². The van der Waals surface area contributed by atoms with Crippen LogP contribution in [0.2, 0.25) is 0 Å². The Morgan fingerprint density at radius 3 is 2.71 bits per heavy atom. The Bertz CT molecular complexity index is 856. The summed E-state index contributed by atoms with van der Waals surface area (Å²) in [6.07, 6.45) is 1.85. The Kier molecular flexibility index (Phi) is 6.39. The third-order valence-electron chi connectivity index (χ3n) is 5.27. The van der Waals surface area contributed by atoms with Gasteiger partial charge in [0, 0.05) is 20.0 Å². The van der Waals surface area contributed by atoms with Gasteiger partial charge in [-0.1, -0.05) is 30.3 Å². The molecule has 1 N–H and O–H groups in total. The van der Waals surface area contributed by atoms with Gasteiger partial charge >= 0.3 is 0 Å². The number of aryl methyl sites for hydroxylation is 1. The zero-order valence-corrected chi connectivity index (χ0v) is 15.8. The molecule has 2 aromatic carbocycles. The number of rotatable bonds is 6. The van der Waals surface area contributed by atoms with Crippen LogP contribution in [0.15, 0.2) is 48.5 Å². The van der Waals surface area contributed by atoms with E-state index in [1.165, 1.54) is 23.1 Å². The summed E-state index contributed by atoms with van der Waals surface area (Å²) in [7, 11) is 1.65. The molecule has 0 spiro atoms. The first-order valence-electron chi connectivity index (χ1n) is 9.49. The van der Waals surface area contributed by atoms with Gasteiger partial charge in [-0.15, -0.1) is 0 Å². The highest BCUT2D eigenvalue weighted by Gasteiger charge is 2.38. The Labute approximate surface area is 163 Å². The molecular weight excluding hydrogens is 362 g/mol. The van der Waals surface area contributed by atoms with Crippen molar-refractivity contribution in [2.45, 2.75) is 31.7 Å². The van der Waals surface area contributed by atoms with Crippen molar-refractivity contribution in [3.63, 3.8) is 0 Å². The Hall–Kier alpha value is -2.76. The average molecular weight is 386 g/mol. The molecule has 2 atom stereocenters. The first-order chi connectivity index (χ1) is 13.5. The lowest BCUT2D eigenvalue weighted by Gasteiger charge is -2.38. The number of nitrogens with zero attached hydrogens (tertiary/aromatic N) is 1. The topological polar surface area (TPSA) is 49.4 Å². The zero-order valence-electron chi connectivity index (χ0n) is 15.8. The number of hydrogen-bond acceptors (Lipinski definition) is 2. The average Bonchev–Trinajstić information content (AvgIpc) is 2.68. The number of benzene rings is 2. The lowest BCUT2D eigenvalue weighted by atomic mass is 9.84. The van der Waals surface area contributed by atoms with Crippen molar-refractivity contribution in [2.75, 3.05) is 13.6 Å². The summed E-state index contributed by atoms with van der Waals surface area (Å²) in [5, 5.41) is 2.90. The molecule has 0 saturated carbocycles. The SMILES string of the molecule is CN1C(=O)CCC(C(=O)NCCCc2ccccc2F)C1c1cccc(F)c1. The summed E-state index contributed by atoms with van der Waals surface area (Å²) < 4.78 is 27.3. The van der Waals surface area contributed by atoms with Crippen LogP contribution in [0.5, 0.6) is 0 Å². The Balaban J connectivity index is 1.63. The van der Waals surface area contributed by atoms with E-state index < -0.39 is 17.8 Å². The summed E-state index contributed by atoms with van der Waals surface area (Å²) >= 11 is 0. The van der Waals surface area contributed by atoms with Crippen LogP contribution in [0, 0.1) is 17.6 Å². The van der Waals surface area contributed by atoms with Crippen LogP contribution in [0.25, 0.3) is 0 Å². The van der Waals surface area contributed by atoms with Crippen molar-refractivity contribution in [1.29, 1.82) is 0 Å². The molecule has 148 valence electrons. The minimum atomic E-state index is -0.497. The fraction of sp³-hybridized carbons (Fsp3) is 0.364. The molecule has 1 heterocycles. The molecule has 0 radical (unpaired) electrons. The third-order valence-corrected chi connectivity index (χ3v) is 5.27. The molecule has 4 nitrogen and oxygen atoms in total. The summed E-state index contributed by atoms with van der Waals surface area (Å²) in [6, 6.07) is 12.1.